The van der Waals surface area contributed by atoms with Crippen LogP contribution in [0.1, 0.15) is 33.1 Å². The molecule has 1 fully saturated rings. The first-order valence-electron chi connectivity index (χ1n) is 5.43. The van der Waals surface area contributed by atoms with Crippen LogP contribution in [0.5, 0.6) is 0 Å². The van der Waals surface area contributed by atoms with E-state index in [0.717, 1.165) is 5.92 Å². The molecule has 14 heavy (non-hydrogen) atoms. The van der Waals surface area contributed by atoms with Gasteiger partial charge in [0.15, 0.2) is 0 Å². The first kappa shape index (κ1) is 11.5. The fourth-order valence-corrected chi connectivity index (χ4v) is 2.24. The van der Waals surface area contributed by atoms with Crippen molar-refractivity contribution in [3.8, 4) is 0 Å². The molecule has 3 heteroatoms. The fraction of sp³-hybridized carbons (Fsp3) is 0.909. The summed E-state index contributed by atoms with van der Waals surface area (Å²) in [5.41, 5.74) is 0. The molecule has 0 saturated heterocycles. The second-order valence-corrected chi connectivity index (χ2v) is 4.75. The van der Waals surface area contributed by atoms with Gasteiger partial charge in [0.25, 0.3) is 0 Å². The SMILES string of the molecule is CC1CCC(N(C)CC(C)C(=O)O)C1. The second-order valence-electron chi connectivity index (χ2n) is 4.75. The Labute approximate surface area is 86.1 Å². The van der Waals surface area contributed by atoms with Crippen molar-refractivity contribution < 1.29 is 9.90 Å². The van der Waals surface area contributed by atoms with Gasteiger partial charge in [0.2, 0.25) is 0 Å². The molecule has 1 rings (SSSR count). The number of nitrogens with zero attached hydrogens (tertiary/aromatic N) is 1. The van der Waals surface area contributed by atoms with Gasteiger partial charge in [-0.15, -0.1) is 0 Å². The van der Waals surface area contributed by atoms with E-state index in [1.54, 1.807) is 6.92 Å². The maximum absolute atomic E-state index is 10.7. The van der Waals surface area contributed by atoms with E-state index in [9.17, 15) is 4.79 Å². The number of carboxylic acids is 1. The summed E-state index contributed by atoms with van der Waals surface area (Å²) in [4.78, 5) is 12.9. The number of hydrogen-bond acceptors (Lipinski definition) is 2. The van der Waals surface area contributed by atoms with E-state index < -0.39 is 5.97 Å². The zero-order chi connectivity index (χ0) is 10.7. The van der Waals surface area contributed by atoms with Gasteiger partial charge in [-0.2, -0.15) is 0 Å². The van der Waals surface area contributed by atoms with Gasteiger partial charge in [-0.05, 0) is 32.2 Å². The Hall–Kier alpha value is -0.570. The number of aliphatic carboxylic acids is 1. The van der Waals surface area contributed by atoms with Gasteiger partial charge >= 0.3 is 5.97 Å². The van der Waals surface area contributed by atoms with E-state index >= 15 is 0 Å². The van der Waals surface area contributed by atoms with Crippen molar-refractivity contribution in [2.45, 2.75) is 39.2 Å². The molecule has 3 atom stereocenters. The van der Waals surface area contributed by atoms with Gasteiger partial charge in [-0.25, -0.2) is 0 Å². The summed E-state index contributed by atoms with van der Waals surface area (Å²) in [6.07, 6.45) is 3.74. The van der Waals surface area contributed by atoms with E-state index in [1.165, 1.54) is 19.3 Å². The minimum atomic E-state index is -0.692. The lowest BCUT2D eigenvalue weighted by atomic mass is 10.1. The zero-order valence-electron chi connectivity index (χ0n) is 9.36. The van der Waals surface area contributed by atoms with Crippen molar-refractivity contribution in [2.24, 2.45) is 11.8 Å². The Morgan fingerprint density at radius 2 is 2.21 bits per heavy atom. The molecular formula is C11H21NO2. The third-order valence-electron chi connectivity index (χ3n) is 3.27. The maximum atomic E-state index is 10.7. The van der Waals surface area contributed by atoms with Crippen molar-refractivity contribution in [1.82, 2.24) is 4.90 Å². The molecule has 1 aliphatic rings. The topological polar surface area (TPSA) is 40.5 Å². The Balaban J connectivity index is 2.34. The highest BCUT2D eigenvalue weighted by Crippen LogP contribution is 2.28. The summed E-state index contributed by atoms with van der Waals surface area (Å²) >= 11 is 0. The quantitative estimate of drug-likeness (QED) is 0.751. The van der Waals surface area contributed by atoms with Crippen LogP contribution in [0, 0.1) is 11.8 Å². The molecule has 3 nitrogen and oxygen atoms in total. The Morgan fingerprint density at radius 1 is 1.57 bits per heavy atom. The van der Waals surface area contributed by atoms with Crippen LogP contribution in [0.2, 0.25) is 0 Å². The predicted molar refractivity (Wildman–Crippen MR) is 56.2 cm³/mol. The van der Waals surface area contributed by atoms with E-state index in [2.05, 4.69) is 11.8 Å². The third kappa shape index (κ3) is 2.98. The molecule has 0 amide bonds. The number of carboxylic acid groups (broad SMARTS) is 1. The second kappa shape index (κ2) is 4.78. The van der Waals surface area contributed by atoms with E-state index in [1.807, 2.05) is 7.05 Å². The van der Waals surface area contributed by atoms with E-state index in [0.29, 0.717) is 12.6 Å². The summed E-state index contributed by atoms with van der Waals surface area (Å²) in [5, 5.41) is 8.80. The summed E-state index contributed by atoms with van der Waals surface area (Å²) in [6.45, 7) is 4.72. The van der Waals surface area contributed by atoms with Crippen molar-refractivity contribution in [1.29, 1.82) is 0 Å². The summed E-state index contributed by atoms with van der Waals surface area (Å²) in [6, 6.07) is 0.604. The summed E-state index contributed by atoms with van der Waals surface area (Å²) < 4.78 is 0. The van der Waals surface area contributed by atoms with Crippen molar-refractivity contribution in [3.05, 3.63) is 0 Å². The lowest BCUT2D eigenvalue weighted by Crippen LogP contribution is -2.35. The Morgan fingerprint density at radius 3 is 2.64 bits per heavy atom. The van der Waals surface area contributed by atoms with Crippen LogP contribution in [0.4, 0.5) is 0 Å². The normalized spacial score (nSPS) is 29.4. The van der Waals surface area contributed by atoms with Gasteiger partial charge in [0.05, 0.1) is 5.92 Å². The molecule has 0 aromatic rings. The minimum Gasteiger partial charge on any atom is -0.481 e. The molecule has 1 N–H and O–H groups in total. The highest BCUT2D eigenvalue weighted by Gasteiger charge is 2.26. The van der Waals surface area contributed by atoms with E-state index in [4.69, 9.17) is 5.11 Å². The summed E-state index contributed by atoms with van der Waals surface area (Å²) in [7, 11) is 2.04. The molecule has 0 spiro atoms. The van der Waals surface area contributed by atoms with Gasteiger partial charge in [-0.3, -0.25) is 4.79 Å². The summed E-state index contributed by atoms with van der Waals surface area (Å²) in [5.74, 6) is -0.138. The van der Waals surface area contributed by atoms with Gasteiger partial charge in [-0.1, -0.05) is 13.8 Å². The maximum Gasteiger partial charge on any atom is 0.307 e. The number of rotatable bonds is 4. The highest BCUT2D eigenvalue weighted by molar-refractivity contribution is 5.69. The molecule has 1 saturated carbocycles. The number of carbonyl (C=O) groups is 1. The molecule has 0 aliphatic heterocycles. The van der Waals surface area contributed by atoms with Gasteiger partial charge in [0, 0.05) is 12.6 Å². The Kier molecular flexibility index (Phi) is 3.93. The minimum absolute atomic E-state index is 0.254. The molecular weight excluding hydrogens is 178 g/mol. The van der Waals surface area contributed by atoms with E-state index in [-0.39, 0.29) is 5.92 Å². The molecule has 0 bridgehead atoms. The van der Waals surface area contributed by atoms with Crippen LogP contribution in [-0.2, 0) is 4.79 Å². The van der Waals surface area contributed by atoms with Crippen molar-refractivity contribution >= 4 is 5.97 Å². The molecule has 3 unspecified atom stereocenters. The average molecular weight is 199 g/mol. The first-order chi connectivity index (χ1) is 6.50. The van der Waals surface area contributed by atoms with Crippen LogP contribution in [-0.4, -0.2) is 35.6 Å². The van der Waals surface area contributed by atoms with Crippen molar-refractivity contribution in [3.63, 3.8) is 0 Å². The fourth-order valence-electron chi connectivity index (χ4n) is 2.24. The monoisotopic (exact) mass is 199 g/mol. The molecule has 0 radical (unpaired) electrons. The third-order valence-corrected chi connectivity index (χ3v) is 3.27. The van der Waals surface area contributed by atoms with Gasteiger partial charge < -0.3 is 10.0 Å². The standard InChI is InChI=1S/C11H21NO2/c1-8-4-5-10(6-8)12(3)7-9(2)11(13)14/h8-10H,4-7H2,1-3H3,(H,13,14). The predicted octanol–water partition coefficient (Wildman–Crippen LogP) is 1.83. The number of hydrogen-bond donors (Lipinski definition) is 1. The molecule has 0 aromatic heterocycles. The lowest BCUT2D eigenvalue weighted by Gasteiger charge is -2.25. The van der Waals surface area contributed by atoms with Crippen LogP contribution in [0.15, 0.2) is 0 Å². The lowest BCUT2D eigenvalue weighted by molar-refractivity contribution is -0.141. The highest BCUT2D eigenvalue weighted by atomic mass is 16.4. The van der Waals surface area contributed by atoms with Crippen LogP contribution >= 0.6 is 0 Å². The van der Waals surface area contributed by atoms with Crippen LogP contribution in [0.3, 0.4) is 0 Å². The first-order valence-corrected chi connectivity index (χ1v) is 5.43. The van der Waals surface area contributed by atoms with Gasteiger partial charge in [0.1, 0.15) is 0 Å². The molecule has 0 aromatic carbocycles. The largest absolute Gasteiger partial charge is 0.481 e. The van der Waals surface area contributed by atoms with Crippen molar-refractivity contribution in [2.75, 3.05) is 13.6 Å². The molecule has 82 valence electrons. The van der Waals surface area contributed by atoms with Crippen LogP contribution in [0.25, 0.3) is 0 Å². The molecule has 1 aliphatic carbocycles. The van der Waals surface area contributed by atoms with Crippen LogP contribution < -0.4 is 0 Å². The average Bonchev–Trinajstić information content (AvgIpc) is 2.51. The Bertz CT molecular complexity index is 205. The molecule has 0 heterocycles. The zero-order valence-corrected chi connectivity index (χ0v) is 9.36. The smallest absolute Gasteiger partial charge is 0.307 e.